The summed E-state index contributed by atoms with van der Waals surface area (Å²) in [5, 5.41) is 12.0. The van der Waals surface area contributed by atoms with Gasteiger partial charge in [0, 0.05) is 24.2 Å². The van der Waals surface area contributed by atoms with Gasteiger partial charge in [-0.15, -0.1) is 0 Å². The number of hydrogen-bond donors (Lipinski definition) is 1. The molecule has 1 aromatic carbocycles. The van der Waals surface area contributed by atoms with Crippen molar-refractivity contribution in [1.82, 2.24) is 24.9 Å². The van der Waals surface area contributed by atoms with E-state index in [2.05, 4.69) is 31.2 Å². The van der Waals surface area contributed by atoms with E-state index in [0.29, 0.717) is 23.0 Å². The quantitative estimate of drug-likeness (QED) is 0.676. The molecule has 0 saturated heterocycles. The molecule has 0 spiro atoms. The first-order valence-electron chi connectivity index (χ1n) is 7.76. The molecule has 1 N–H and O–H groups in total. The summed E-state index contributed by atoms with van der Waals surface area (Å²) < 4.78 is 2.75. The molecule has 0 aliphatic rings. The van der Waals surface area contributed by atoms with Crippen molar-refractivity contribution in [2.45, 2.75) is 20.0 Å². The van der Waals surface area contributed by atoms with Crippen molar-refractivity contribution in [2.75, 3.05) is 7.05 Å². The first kappa shape index (κ1) is 17.7. The Bertz CT molecular complexity index is 887. The number of aromatic amines is 1. The van der Waals surface area contributed by atoms with Crippen LogP contribution in [0.1, 0.15) is 23.1 Å². The third kappa shape index (κ3) is 3.77. The lowest BCUT2D eigenvalue weighted by atomic mass is 10.1. The molecular weight excluding hydrogens is 406 g/mol. The Kier molecular flexibility index (Phi) is 5.24. The number of hydrogen-bond acceptors (Lipinski definition) is 3. The average molecular weight is 423 g/mol. The largest absolute Gasteiger partial charge is 0.334 e. The van der Waals surface area contributed by atoms with E-state index >= 15 is 0 Å². The number of carbonyl (C=O) groups excluding carboxylic acids is 1. The minimum Gasteiger partial charge on any atom is -0.334 e. The predicted molar refractivity (Wildman–Crippen MR) is 100 cm³/mol. The third-order valence-electron chi connectivity index (χ3n) is 3.88. The van der Waals surface area contributed by atoms with Crippen LogP contribution in [-0.2, 0) is 13.1 Å². The van der Waals surface area contributed by atoms with Crippen molar-refractivity contribution in [3.05, 3.63) is 57.4 Å². The lowest BCUT2D eigenvalue weighted by molar-refractivity contribution is 0.0775. The first-order chi connectivity index (χ1) is 12.0. The van der Waals surface area contributed by atoms with Gasteiger partial charge in [0.05, 0.1) is 28.6 Å². The second-order valence-corrected chi connectivity index (χ2v) is 6.88. The minimum absolute atomic E-state index is 0.136. The average Bonchev–Trinajstić information content (AvgIpc) is 3.23. The van der Waals surface area contributed by atoms with Gasteiger partial charge in [0.2, 0.25) is 0 Å². The number of aromatic nitrogens is 4. The molecule has 6 nitrogen and oxygen atoms in total. The lowest BCUT2D eigenvalue weighted by Gasteiger charge is -2.17. The molecule has 8 heteroatoms. The van der Waals surface area contributed by atoms with E-state index < -0.39 is 0 Å². The molecule has 0 aliphatic heterocycles. The van der Waals surface area contributed by atoms with Crippen LogP contribution in [0, 0.1) is 0 Å². The van der Waals surface area contributed by atoms with Crippen LogP contribution in [-0.4, -0.2) is 37.8 Å². The Morgan fingerprint density at radius 2 is 2.08 bits per heavy atom. The van der Waals surface area contributed by atoms with Crippen molar-refractivity contribution < 1.29 is 4.79 Å². The highest BCUT2D eigenvalue weighted by Gasteiger charge is 2.18. The maximum Gasteiger partial charge on any atom is 0.271 e. The fourth-order valence-corrected chi connectivity index (χ4v) is 3.07. The van der Waals surface area contributed by atoms with Crippen molar-refractivity contribution in [2.24, 2.45) is 0 Å². The summed E-state index contributed by atoms with van der Waals surface area (Å²) in [7, 11) is 1.75. The zero-order chi connectivity index (χ0) is 18.0. The van der Waals surface area contributed by atoms with E-state index in [1.54, 1.807) is 36.3 Å². The van der Waals surface area contributed by atoms with Gasteiger partial charge >= 0.3 is 0 Å². The smallest absolute Gasteiger partial charge is 0.271 e. The summed E-state index contributed by atoms with van der Waals surface area (Å²) >= 11 is 9.38. The lowest BCUT2D eigenvalue weighted by Crippen LogP contribution is -2.28. The van der Waals surface area contributed by atoms with E-state index in [1.807, 2.05) is 23.7 Å². The molecule has 3 rings (SSSR count). The molecule has 0 saturated carbocycles. The summed E-state index contributed by atoms with van der Waals surface area (Å²) in [6.45, 7) is 3.20. The summed E-state index contributed by atoms with van der Waals surface area (Å²) in [5.41, 5.74) is 2.99. The minimum atomic E-state index is -0.136. The topological polar surface area (TPSA) is 66.8 Å². The molecule has 0 bridgehead atoms. The second-order valence-electron chi connectivity index (χ2n) is 5.59. The maximum absolute atomic E-state index is 12.7. The fourth-order valence-electron chi connectivity index (χ4n) is 2.52. The summed E-state index contributed by atoms with van der Waals surface area (Å²) in [4.78, 5) is 14.3. The molecule has 0 unspecified atom stereocenters. The highest BCUT2D eigenvalue weighted by Crippen LogP contribution is 2.22. The maximum atomic E-state index is 12.7. The van der Waals surface area contributed by atoms with Crippen molar-refractivity contribution in [3.63, 3.8) is 0 Å². The number of nitrogens with one attached hydrogen (secondary N) is 1. The van der Waals surface area contributed by atoms with Gasteiger partial charge in [-0.1, -0.05) is 23.7 Å². The van der Waals surface area contributed by atoms with E-state index in [4.69, 9.17) is 11.6 Å². The molecular formula is C17H17BrClN5O. The number of halogens is 2. The number of rotatable bonds is 5. The van der Waals surface area contributed by atoms with Gasteiger partial charge < -0.3 is 4.90 Å². The highest BCUT2D eigenvalue weighted by molar-refractivity contribution is 9.10. The zero-order valence-corrected chi connectivity index (χ0v) is 16.2. The van der Waals surface area contributed by atoms with Gasteiger partial charge in [-0.05, 0) is 41.1 Å². The van der Waals surface area contributed by atoms with Gasteiger partial charge in [0.15, 0.2) is 0 Å². The van der Waals surface area contributed by atoms with Gasteiger partial charge in [-0.25, -0.2) is 0 Å². The van der Waals surface area contributed by atoms with Crippen LogP contribution < -0.4 is 0 Å². The van der Waals surface area contributed by atoms with Crippen LogP contribution >= 0.6 is 27.5 Å². The van der Waals surface area contributed by atoms with E-state index in [9.17, 15) is 4.79 Å². The van der Waals surface area contributed by atoms with Crippen LogP contribution in [0.2, 0.25) is 5.02 Å². The summed E-state index contributed by atoms with van der Waals surface area (Å²) in [5.74, 6) is -0.136. The Morgan fingerprint density at radius 3 is 2.76 bits per heavy atom. The standard InChI is InChI=1S/C17H17BrClN5O/c1-3-24-16(13(18)9-20-24)10-23(2)17(25)15-8-14(21-22-15)11-4-6-12(19)7-5-11/h4-9H,3,10H2,1-2H3,(H,21,22). The van der Waals surface area contributed by atoms with Crippen LogP contribution in [0.4, 0.5) is 0 Å². The SMILES string of the molecule is CCn1ncc(Br)c1CN(C)C(=O)c1cc(-c2ccc(Cl)cc2)n[nH]1. The van der Waals surface area contributed by atoms with Crippen LogP contribution in [0.5, 0.6) is 0 Å². The molecule has 2 aromatic heterocycles. The monoisotopic (exact) mass is 421 g/mol. The van der Waals surface area contributed by atoms with Gasteiger partial charge in [0.25, 0.3) is 5.91 Å². The highest BCUT2D eigenvalue weighted by atomic mass is 79.9. The molecule has 0 atom stereocenters. The number of carbonyl (C=O) groups is 1. The van der Waals surface area contributed by atoms with Crippen molar-refractivity contribution in [3.8, 4) is 11.3 Å². The second kappa shape index (κ2) is 7.41. The van der Waals surface area contributed by atoms with E-state index in [0.717, 1.165) is 22.3 Å². The Balaban J connectivity index is 1.76. The number of nitrogens with zero attached hydrogens (tertiary/aromatic N) is 4. The normalized spacial score (nSPS) is 10.9. The van der Waals surface area contributed by atoms with E-state index in [1.165, 1.54) is 0 Å². The molecule has 0 radical (unpaired) electrons. The number of H-pyrrole nitrogens is 1. The fraction of sp³-hybridized carbons (Fsp3) is 0.235. The van der Waals surface area contributed by atoms with Gasteiger partial charge in [-0.3, -0.25) is 14.6 Å². The zero-order valence-electron chi connectivity index (χ0n) is 13.8. The number of amides is 1. The Morgan fingerprint density at radius 1 is 1.36 bits per heavy atom. The number of benzene rings is 1. The first-order valence-corrected chi connectivity index (χ1v) is 8.93. The molecule has 1 amide bonds. The number of aryl methyl sites for hydroxylation is 1. The predicted octanol–water partition coefficient (Wildman–Crippen LogP) is 3.98. The van der Waals surface area contributed by atoms with Gasteiger partial charge in [0.1, 0.15) is 5.69 Å². The summed E-state index contributed by atoms with van der Waals surface area (Å²) in [6.07, 6.45) is 1.74. The van der Waals surface area contributed by atoms with Gasteiger partial charge in [-0.2, -0.15) is 10.2 Å². The molecule has 0 fully saturated rings. The van der Waals surface area contributed by atoms with Crippen molar-refractivity contribution >= 4 is 33.4 Å². The third-order valence-corrected chi connectivity index (χ3v) is 4.79. The van der Waals surface area contributed by atoms with Crippen molar-refractivity contribution in [1.29, 1.82) is 0 Å². The molecule has 130 valence electrons. The molecule has 25 heavy (non-hydrogen) atoms. The van der Waals surface area contributed by atoms with Crippen LogP contribution in [0.3, 0.4) is 0 Å². The summed E-state index contributed by atoms with van der Waals surface area (Å²) in [6, 6.07) is 9.07. The Labute approximate surface area is 158 Å². The Hall–Kier alpha value is -2.12. The van der Waals surface area contributed by atoms with Crippen LogP contribution in [0.15, 0.2) is 41.0 Å². The van der Waals surface area contributed by atoms with E-state index in [-0.39, 0.29) is 5.91 Å². The van der Waals surface area contributed by atoms with Crippen LogP contribution in [0.25, 0.3) is 11.3 Å². The molecule has 2 heterocycles. The molecule has 0 aliphatic carbocycles. The molecule has 3 aromatic rings.